The van der Waals surface area contributed by atoms with Gasteiger partial charge in [0, 0.05) is 64.4 Å². The highest BCUT2D eigenvalue weighted by molar-refractivity contribution is 7.97. The van der Waals surface area contributed by atoms with Crippen molar-refractivity contribution in [1.82, 2.24) is 9.62 Å². The van der Waals surface area contributed by atoms with Crippen LogP contribution in [0.25, 0.3) is 11.1 Å². The van der Waals surface area contributed by atoms with Crippen LogP contribution >= 0.6 is 23.5 Å². The van der Waals surface area contributed by atoms with Gasteiger partial charge >= 0.3 is 0 Å². The van der Waals surface area contributed by atoms with Crippen LogP contribution in [0.15, 0.2) is 58.8 Å². The summed E-state index contributed by atoms with van der Waals surface area (Å²) in [5.74, 6) is 0.157. The van der Waals surface area contributed by atoms with Crippen molar-refractivity contribution in [2.75, 3.05) is 26.5 Å². The molecule has 1 N–H and O–H groups in total. The van der Waals surface area contributed by atoms with Crippen LogP contribution in [0.2, 0.25) is 5.02 Å². The molecular formula is C25H30ClFN2O3S2. The Labute approximate surface area is 212 Å². The number of carbonyl (C=O) groups excluding carboxylic acids is 1. The lowest BCUT2D eigenvalue weighted by Gasteiger charge is -2.35. The molecule has 0 radical (unpaired) electrons. The molecule has 34 heavy (non-hydrogen) atoms. The van der Waals surface area contributed by atoms with Crippen molar-refractivity contribution < 1.29 is 18.1 Å². The summed E-state index contributed by atoms with van der Waals surface area (Å²) in [6.07, 6.45) is 4.03. The van der Waals surface area contributed by atoms with E-state index in [-0.39, 0.29) is 18.9 Å². The second kappa shape index (κ2) is 12.2. The van der Waals surface area contributed by atoms with Crippen LogP contribution in [0.5, 0.6) is 5.75 Å². The minimum absolute atomic E-state index is 0.105. The Morgan fingerprint density at radius 1 is 1.32 bits per heavy atom. The van der Waals surface area contributed by atoms with E-state index >= 15 is 4.39 Å². The summed E-state index contributed by atoms with van der Waals surface area (Å²) in [6, 6.07) is 13.1. The molecule has 1 heterocycles. The van der Waals surface area contributed by atoms with Gasteiger partial charge in [-0.2, -0.15) is 0 Å². The molecule has 1 saturated heterocycles. The molecule has 0 saturated carbocycles. The molecule has 2 unspecified atom stereocenters. The Bertz CT molecular complexity index is 1060. The summed E-state index contributed by atoms with van der Waals surface area (Å²) in [5, 5.41) is 4.91. The van der Waals surface area contributed by atoms with Gasteiger partial charge in [-0.15, -0.1) is 0 Å². The Kier molecular flexibility index (Phi) is 9.59. The lowest BCUT2D eigenvalue weighted by atomic mass is 9.93. The largest absolute Gasteiger partial charge is 0.497 e. The molecule has 3 rings (SSSR count). The van der Waals surface area contributed by atoms with Crippen LogP contribution in [0.4, 0.5) is 4.39 Å². The fraction of sp³-hybridized carbons (Fsp3) is 0.400. The highest BCUT2D eigenvalue weighted by atomic mass is 35.5. The Hall–Kier alpha value is -1.87. The molecular weight excluding hydrogens is 495 g/mol. The molecule has 0 bridgehead atoms. The van der Waals surface area contributed by atoms with Crippen LogP contribution in [0.1, 0.15) is 26.2 Å². The third kappa shape index (κ3) is 7.07. The molecule has 1 fully saturated rings. The topological polar surface area (TPSA) is 58.6 Å². The molecule has 0 aliphatic carbocycles. The number of benzene rings is 2. The fourth-order valence-corrected chi connectivity index (χ4v) is 5.32. The average Bonchev–Trinajstić information content (AvgIpc) is 2.84. The Morgan fingerprint density at radius 3 is 2.71 bits per heavy atom. The number of carbonyl (C=O) groups is 1. The van der Waals surface area contributed by atoms with E-state index in [0.717, 1.165) is 21.8 Å². The summed E-state index contributed by atoms with van der Waals surface area (Å²) in [6.45, 7) is 2.75. The number of nitrogens with one attached hydrogen (secondary N) is 1. The zero-order chi connectivity index (χ0) is 24.7. The zero-order valence-electron chi connectivity index (χ0n) is 19.6. The van der Waals surface area contributed by atoms with Gasteiger partial charge in [-0.05, 0) is 59.8 Å². The van der Waals surface area contributed by atoms with E-state index < -0.39 is 22.4 Å². The molecule has 2 atom stereocenters. The Balaban J connectivity index is 1.67. The van der Waals surface area contributed by atoms with Gasteiger partial charge in [-0.25, -0.2) is 8.70 Å². The molecule has 1 aliphatic rings. The van der Waals surface area contributed by atoms with Crippen LogP contribution in [0, 0.1) is 0 Å². The van der Waals surface area contributed by atoms with Crippen LogP contribution in [0.3, 0.4) is 0 Å². The number of methoxy groups -OCH3 is 1. The van der Waals surface area contributed by atoms with Gasteiger partial charge in [-0.1, -0.05) is 36.7 Å². The number of piperidine rings is 1. The third-order valence-electron chi connectivity index (χ3n) is 5.73. The summed E-state index contributed by atoms with van der Waals surface area (Å²) in [7, 11) is 0.517. The van der Waals surface area contributed by atoms with Crippen molar-refractivity contribution in [1.29, 1.82) is 0 Å². The molecule has 5 nitrogen and oxygen atoms in total. The van der Waals surface area contributed by atoms with E-state index in [4.69, 9.17) is 16.3 Å². The lowest BCUT2D eigenvalue weighted by Crippen LogP contribution is -2.51. The first kappa shape index (κ1) is 26.7. The van der Waals surface area contributed by atoms with Gasteiger partial charge in [0.1, 0.15) is 5.75 Å². The number of alkyl halides is 1. The average molecular weight is 525 g/mol. The van der Waals surface area contributed by atoms with Crippen LogP contribution < -0.4 is 10.1 Å². The smallest absolute Gasteiger partial charge is 0.258 e. The van der Waals surface area contributed by atoms with E-state index in [1.165, 1.54) is 5.41 Å². The van der Waals surface area contributed by atoms with Crippen molar-refractivity contribution in [3.8, 4) is 16.9 Å². The number of halogens is 2. The summed E-state index contributed by atoms with van der Waals surface area (Å²) >= 11 is 7.82. The van der Waals surface area contributed by atoms with Crippen LogP contribution in [-0.2, 0) is 15.6 Å². The van der Waals surface area contributed by atoms with Gasteiger partial charge < -0.3 is 10.1 Å². The fourth-order valence-electron chi connectivity index (χ4n) is 3.69. The molecule has 184 valence electrons. The molecule has 0 aromatic heterocycles. The molecule has 1 amide bonds. The molecule has 0 spiro atoms. The lowest BCUT2D eigenvalue weighted by molar-refractivity contribution is -0.135. The van der Waals surface area contributed by atoms with Gasteiger partial charge in [0.05, 0.1) is 7.11 Å². The van der Waals surface area contributed by atoms with E-state index in [1.807, 2.05) is 49.4 Å². The van der Waals surface area contributed by atoms with Crippen molar-refractivity contribution in [3.63, 3.8) is 0 Å². The SMILES string of the molecule is CCC(/C=C\S(C)=O)NC(=O)C1(F)CCN(Sc2ccc(Cl)cc2-c2cccc(OC)c2)CC1. The highest BCUT2D eigenvalue weighted by Crippen LogP contribution is 2.39. The quantitative estimate of drug-likeness (QED) is 0.432. The summed E-state index contributed by atoms with van der Waals surface area (Å²) < 4.78 is 34.2. The van der Waals surface area contributed by atoms with Crippen molar-refractivity contribution in [3.05, 3.63) is 59.0 Å². The van der Waals surface area contributed by atoms with Gasteiger partial charge in [0.15, 0.2) is 5.67 Å². The number of hydrogen-bond acceptors (Lipinski definition) is 5. The molecule has 9 heteroatoms. The number of hydrogen-bond donors (Lipinski definition) is 1. The monoisotopic (exact) mass is 524 g/mol. The summed E-state index contributed by atoms with van der Waals surface area (Å²) in [4.78, 5) is 13.7. The minimum Gasteiger partial charge on any atom is -0.497 e. The maximum absolute atomic E-state index is 15.5. The standard InChI is InChI=1S/C25H30ClFN2O3S2/c1-4-20(10-15-34(3)31)28-24(30)25(27)11-13-29(14-12-25)33-23-9-8-19(26)17-22(23)18-6-5-7-21(16-18)32-2/h5-10,15-17,20H,4,11-14H2,1-3H3,(H,28,30)/b15-10-. The highest BCUT2D eigenvalue weighted by Gasteiger charge is 2.42. The van der Waals surface area contributed by atoms with Gasteiger partial charge in [0.2, 0.25) is 0 Å². The Morgan fingerprint density at radius 2 is 2.06 bits per heavy atom. The number of ether oxygens (including phenoxy) is 1. The van der Waals surface area contributed by atoms with Gasteiger partial charge in [-0.3, -0.25) is 9.00 Å². The predicted octanol–water partition coefficient (Wildman–Crippen LogP) is 5.61. The first-order valence-corrected chi connectivity index (χ1v) is 13.9. The minimum atomic E-state index is -1.92. The third-order valence-corrected chi connectivity index (χ3v) is 7.68. The second-order valence-electron chi connectivity index (χ2n) is 8.17. The number of rotatable bonds is 9. The first-order chi connectivity index (χ1) is 16.2. The number of nitrogens with zero attached hydrogens (tertiary/aromatic N) is 1. The normalized spacial score (nSPS) is 17.9. The van der Waals surface area contributed by atoms with Crippen molar-refractivity contribution in [2.24, 2.45) is 0 Å². The van der Waals surface area contributed by atoms with E-state index in [9.17, 15) is 9.00 Å². The van der Waals surface area contributed by atoms with Gasteiger partial charge in [0.25, 0.3) is 5.91 Å². The first-order valence-electron chi connectivity index (χ1n) is 11.1. The number of amides is 1. The zero-order valence-corrected chi connectivity index (χ0v) is 21.9. The van der Waals surface area contributed by atoms with E-state index in [2.05, 4.69) is 9.62 Å². The van der Waals surface area contributed by atoms with E-state index in [0.29, 0.717) is 24.5 Å². The molecule has 2 aromatic rings. The maximum atomic E-state index is 15.5. The maximum Gasteiger partial charge on any atom is 0.258 e. The summed E-state index contributed by atoms with van der Waals surface area (Å²) in [5.41, 5.74) is 0.0311. The molecule has 2 aromatic carbocycles. The van der Waals surface area contributed by atoms with Crippen molar-refractivity contribution >= 4 is 40.3 Å². The second-order valence-corrected chi connectivity index (χ2v) is 11.0. The predicted molar refractivity (Wildman–Crippen MR) is 139 cm³/mol. The molecule has 1 aliphatic heterocycles. The van der Waals surface area contributed by atoms with Crippen LogP contribution in [-0.4, -0.2) is 52.6 Å². The van der Waals surface area contributed by atoms with E-state index in [1.54, 1.807) is 31.4 Å². The van der Waals surface area contributed by atoms with Crippen molar-refractivity contribution in [2.45, 2.75) is 42.8 Å².